The third-order valence-electron chi connectivity index (χ3n) is 3.03. The number of nitrogens with one attached hydrogen (secondary N) is 1. The highest BCUT2D eigenvalue weighted by Crippen LogP contribution is 2.13. The smallest absolute Gasteiger partial charge is 0.258 e. The molecule has 2 heterocycles. The van der Waals surface area contributed by atoms with Gasteiger partial charge in [0.15, 0.2) is 0 Å². The number of alkyl halides is 2. The fourth-order valence-electron chi connectivity index (χ4n) is 1.96. The maximum absolute atomic E-state index is 12.3. The largest absolute Gasteiger partial charge is 0.322 e. The van der Waals surface area contributed by atoms with E-state index in [1.807, 2.05) is 0 Å². The van der Waals surface area contributed by atoms with Crippen molar-refractivity contribution in [3.63, 3.8) is 0 Å². The fourth-order valence-corrected chi connectivity index (χ4v) is 1.96. The van der Waals surface area contributed by atoms with Crippen molar-refractivity contribution in [1.82, 2.24) is 24.5 Å². The van der Waals surface area contributed by atoms with E-state index in [2.05, 4.69) is 20.5 Å². The fraction of sp³-hybridized carbons (Fsp3) is 0.143. The molecule has 3 aromatic rings. The highest BCUT2D eigenvalue weighted by Gasteiger charge is 2.11. The van der Waals surface area contributed by atoms with E-state index in [1.54, 1.807) is 35.3 Å². The van der Waals surface area contributed by atoms with Crippen molar-refractivity contribution in [2.75, 3.05) is 5.32 Å². The van der Waals surface area contributed by atoms with Gasteiger partial charge in [-0.1, -0.05) is 0 Å². The molecule has 0 bridgehead atoms. The Morgan fingerprint density at radius 1 is 1.22 bits per heavy atom. The molecule has 0 radical (unpaired) electrons. The van der Waals surface area contributed by atoms with Crippen molar-refractivity contribution in [3.8, 4) is 5.69 Å². The van der Waals surface area contributed by atoms with Crippen LogP contribution in [0.5, 0.6) is 0 Å². The van der Waals surface area contributed by atoms with Crippen molar-refractivity contribution < 1.29 is 13.6 Å². The van der Waals surface area contributed by atoms with Crippen molar-refractivity contribution in [2.45, 2.75) is 13.0 Å². The number of carbonyl (C=O) groups is 1. The van der Waals surface area contributed by atoms with Gasteiger partial charge in [-0.25, -0.2) is 18.4 Å². The normalized spacial score (nSPS) is 10.9. The van der Waals surface area contributed by atoms with Crippen LogP contribution < -0.4 is 5.32 Å². The first kappa shape index (κ1) is 14.8. The molecule has 3 rings (SSSR count). The lowest BCUT2D eigenvalue weighted by molar-refractivity contribution is 0.102. The Bertz CT molecular complexity index is 782. The number of hydrogen-bond donors (Lipinski definition) is 1. The summed E-state index contributed by atoms with van der Waals surface area (Å²) >= 11 is 0. The first-order valence-corrected chi connectivity index (χ1v) is 6.69. The van der Waals surface area contributed by atoms with Gasteiger partial charge in [-0.05, 0) is 24.3 Å². The molecular formula is C14H12F2N6O. The molecule has 0 unspecified atom stereocenters. The molecule has 0 aliphatic rings. The summed E-state index contributed by atoms with van der Waals surface area (Å²) in [6.07, 6.45) is 3.00. The SMILES string of the molecule is O=C(Nc1ccc(-n2cncn2)cc1)c1cnn(CC(F)F)c1. The van der Waals surface area contributed by atoms with Crippen molar-refractivity contribution >= 4 is 11.6 Å². The third-order valence-corrected chi connectivity index (χ3v) is 3.03. The predicted octanol–water partition coefficient (Wildman–Crippen LogP) is 1.98. The minimum atomic E-state index is -2.52. The average Bonchev–Trinajstić information content (AvgIpc) is 3.19. The maximum atomic E-state index is 12.3. The number of carbonyl (C=O) groups excluding carboxylic acids is 1. The summed E-state index contributed by atoms with van der Waals surface area (Å²) in [6.45, 7) is -0.542. The van der Waals surface area contributed by atoms with Crippen molar-refractivity contribution in [1.29, 1.82) is 0 Å². The zero-order valence-electron chi connectivity index (χ0n) is 11.8. The van der Waals surface area contributed by atoms with E-state index < -0.39 is 18.9 Å². The second kappa shape index (κ2) is 6.34. The van der Waals surface area contributed by atoms with Crippen LogP contribution in [0.1, 0.15) is 10.4 Å². The zero-order valence-corrected chi connectivity index (χ0v) is 11.8. The average molecular weight is 318 g/mol. The Labute approximate surface area is 129 Å². The lowest BCUT2D eigenvalue weighted by Gasteiger charge is -2.05. The van der Waals surface area contributed by atoms with Gasteiger partial charge in [0.05, 0.1) is 17.4 Å². The van der Waals surface area contributed by atoms with Crippen LogP contribution in [0.2, 0.25) is 0 Å². The molecule has 0 fully saturated rings. The summed E-state index contributed by atoms with van der Waals surface area (Å²) in [6, 6.07) is 6.95. The molecule has 23 heavy (non-hydrogen) atoms. The van der Waals surface area contributed by atoms with Crippen molar-refractivity contribution in [3.05, 3.63) is 54.9 Å². The molecule has 118 valence electrons. The molecule has 1 amide bonds. The maximum Gasteiger partial charge on any atom is 0.258 e. The van der Waals surface area contributed by atoms with Gasteiger partial charge in [-0.2, -0.15) is 10.2 Å². The van der Waals surface area contributed by atoms with Gasteiger partial charge < -0.3 is 5.32 Å². The molecule has 1 aromatic carbocycles. The zero-order chi connectivity index (χ0) is 16.2. The summed E-state index contributed by atoms with van der Waals surface area (Å²) in [5.41, 5.74) is 1.58. The molecule has 0 spiro atoms. The first-order valence-electron chi connectivity index (χ1n) is 6.69. The van der Waals surface area contributed by atoms with Crippen LogP contribution >= 0.6 is 0 Å². The highest BCUT2D eigenvalue weighted by atomic mass is 19.3. The lowest BCUT2D eigenvalue weighted by Crippen LogP contribution is -2.11. The number of benzene rings is 1. The van der Waals surface area contributed by atoms with Crippen LogP contribution in [-0.4, -0.2) is 36.9 Å². The van der Waals surface area contributed by atoms with Gasteiger partial charge in [0.1, 0.15) is 19.2 Å². The molecule has 9 heteroatoms. The number of aromatic nitrogens is 5. The Balaban J connectivity index is 1.67. The Morgan fingerprint density at radius 3 is 2.65 bits per heavy atom. The van der Waals surface area contributed by atoms with Crippen LogP contribution in [0.25, 0.3) is 5.69 Å². The van der Waals surface area contributed by atoms with E-state index in [-0.39, 0.29) is 5.56 Å². The summed E-state index contributed by atoms with van der Waals surface area (Å²) < 4.78 is 27.1. The van der Waals surface area contributed by atoms with Crippen LogP contribution in [0, 0.1) is 0 Å². The van der Waals surface area contributed by atoms with E-state index in [0.29, 0.717) is 5.69 Å². The number of hydrogen-bond acceptors (Lipinski definition) is 4. The summed E-state index contributed by atoms with van der Waals surface area (Å²) in [5.74, 6) is -0.418. The predicted molar refractivity (Wildman–Crippen MR) is 77.5 cm³/mol. The van der Waals surface area contributed by atoms with E-state index in [9.17, 15) is 13.6 Å². The standard InChI is InChI=1S/C14H12F2N6O/c15-13(16)7-21-6-10(5-18-21)14(23)20-11-1-3-12(4-2-11)22-9-17-8-19-22/h1-6,8-9,13H,7H2,(H,20,23). The summed E-state index contributed by atoms with van der Waals surface area (Å²) in [5, 5.41) is 10.4. The molecule has 0 aliphatic carbocycles. The van der Waals surface area contributed by atoms with Gasteiger partial charge in [-0.15, -0.1) is 0 Å². The van der Waals surface area contributed by atoms with Crippen LogP contribution in [0.15, 0.2) is 49.3 Å². The van der Waals surface area contributed by atoms with Gasteiger partial charge >= 0.3 is 0 Å². The summed E-state index contributed by atoms with van der Waals surface area (Å²) in [7, 11) is 0. The highest BCUT2D eigenvalue weighted by molar-refractivity contribution is 6.03. The molecule has 0 aliphatic heterocycles. The molecule has 7 nitrogen and oxygen atoms in total. The van der Waals surface area contributed by atoms with Gasteiger partial charge in [0.25, 0.3) is 12.3 Å². The molecular weight excluding hydrogens is 306 g/mol. The quantitative estimate of drug-likeness (QED) is 0.780. The van der Waals surface area contributed by atoms with Crippen LogP contribution in [-0.2, 0) is 6.54 Å². The first-order chi connectivity index (χ1) is 11.1. The number of halogens is 2. The van der Waals surface area contributed by atoms with E-state index in [0.717, 1.165) is 10.4 Å². The number of rotatable bonds is 5. The molecule has 2 aromatic heterocycles. The molecule has 0 atom stereocenters. The molecule has 0 saturated heterocycles. The van der Waals surface area contributed by atoms with Gasteiger partial charge in [0, 0.05) is 11.9 Å². The van der Waals surface area contributed by atoms with Crippen LogP contribution in [0.3, 0.4) is 0 Å². The van der Waals surface area contributed by atoms with Gasteiger partial charge in [-0.3, -0.25) is 9.48 Å². The van der Waals surface area contributed by atoms with Crippen molar-refractivity contribution in [2.24, 2.45) is 0 Å². The Kier molecular flexibility index (Phi) is 4.09. The third kappa shape index (κ3) is 3.57. The second-order valence-corrected chi connectivity index (χ2v) is 4.68. The van der Waals surface area contributed by atoms with E-state index in [4.69, 9.17) is 0 Å². The second-order valence-electron chi connectivity index (χ2n) is 4.68. The minimum Gasteiger partial charge on any atom is -0.322 e. The number of anilines is 1. The lowest BCUT2D eigenvalue weighted by atomic mass is 10.2. The van der Waals surface area contributed by atoms with Gasteiger partial charge in [0.2, 0.25) is 0 Å². The Morgan fingerprint density at radius 2 is 2.00 bits per heavy atom. The number of nitrogens with zero attached hydrogens (tertiary/aromatic N) is 5. The van der Waals surface area contributed by atoms with Crippen LogP contribution in [0.4, 0.5) is 14.5 Å². The molecule has 0 saturated carbocycles. The molecule has 1 N–H and O–H groups in total. The minimum absolute atomic E-state index is 0.214. The topological polar surface area (TPSA) is 77.6 Å². The summed E-state index contributed by atoms with van der Waals surface area (Å²) in [4.78, 5) is 15.9. The monoisotopic (exact) mass is 318 g/mol. The van der Waals surface area contributed by atoms with E-state index in [1.165, 1.54) is 18.7 Å². The Hall–Kier alpha value is -3.10. The number of amides is 1. The van der Waals surface area contributed by atoms with E-state index >= 15 is 0 Å².